The molecule has 1 aromatic heterocycles. The highest BCUT2D eigenvalue weighted by Gasteiger charge is 2.17. The zero-order valence-corrected chi connectivity index (χ0v) is 9.72. The SMILES string of the molecule is Cc1[nH]nc(NC(=O)c2cc(F)c(F)c(F)c2)c1N. The van der Waals surface area contributed by atoms with E-state index >= 15 is 0 Å². The van der Waals surface area contributed by atoms with Gasteiger partial charge in [0.05, 0.1) is 11.4 Å². The molecule has 0 unspecified atom stereocenters. The quantitative estimate of drug-likeness (QED) is 0.729. The smallest absolute Gasteiger partial charge is 0.257 e. The predicted molar refractivity (Wildman–Crippen MR) is 62.0 cm³/mol. The predicted octanol–water partition coefficient (Wildman–Crippen LogP) is 1.97. The minimum atomic E-state index is -1.63. The molecule has 5 nitrogen and oxygen atoms in total. The number of hydrogen-bond acceptors (Lipinski definition) is 3. The summed E-state index contributed by atoms with van der Waals surface area (Å²) in [6.45, 7) is 1.63. The standard InChI is InChI=1S/C11H9F3N4O/c1-4-9(15)10(18-17-4)16-11(19)5-2-6(12)8(14)7(13)3-5/h2-3H,15H2,1H3,(H2,16,17,18,19). The van der Waals surface area contributed by atoms with Gasteiger partial charge in [0.25, 0.3) is 5.91 Å². The average molecular weight is 270 g/mol. The Hall–Kier alpha value is -2.51. The van der Waals surface area contributed by atoms with Crippen molar-refractivity contribution in [3.8, 4) is 0 Å². The fourth-order valence-corrected chi connectivity index (χ4v) is 1.40. The van der Waals surface area contributed by atoms with E-state index in [0.29, 0.717) is 17.8 Å². The van der Waals surface area contributed by atoms with Crippen LogP contribution in [-0.2, 0) is 0 Å². The van der Waals surface area contributed by atoms with Gasteiger partial charge in [-0.15, -0.1) is 0 Å². The van der Waals surface area contributed by atoms with E-state index < -0.39 is 23.4 Å². The normalized spacial score (nSPS) is 10.5. The maximum atomic E-state index is 13.0. The molecule has 100 valence electrons. The summed E-state index contributed by atoms with van der Waals surface area (Å²) >= 11 is 0. The van der Waals surface area contributed by atoms with Crippen LogP contribution in [0.25, 0.3) is 0 Å². The zero-order valence-electron chi connectivity index (χ0n) is 9.72. The van der Waals surface area contributed by atoms with Gasteiger partial charge in [0, 0.05) is 5.56 Å². The van der Waals surface area contributed by atoms with E-state index in [1.54, 1.807) is 6.92 Å². The third kappa shape index (κ3) is 2.37. The van der Waals surface area contributed by atoms with Crippen molar-refractivity contribution >= 4 is 17.4 Å². The number of carbonyl (C=O) groups is 1. The number of aromatic amines is 1. The van der Waals surface area contributed by atoms with E-state index in [9.17, 15) is 18.0 Å². The molecule has 0 bridgehead atoms. The second-order valence-electron chi connectivity index (χ2n) is 3.82. The highest BCUT2D eigenvalue weighted by molar-refractivity contribution is 6.05. The van der Waals surface area contributed by atoms with Crippen LogP contribution in [0.2, 0.25) is 0 Å². The Morgan fingerprint density at radius 3 is 2.37 bits per heavy atom. The van der Waals surface area contributed by atoms with Crippen molar-refractivity contribution in [3.05, 3.63) is 40.8 Å². The molecule has 4 N–H and O–H groups in total. The van der Waals surface area contributed by atoms with Gasteiger partial charge in [-0.1, -0.05) is 0 Å². The Labute approximate surface area is 105 Å². The summed E-state index contributed by atoms with van der Waals surface area (Å²) < 4.78 is 38.7. The number of nitrogen functional groups attached to an aromatic ring is 1. The van der Waals surface area contributed by atoms with Gasteiger partial charge >= 0.3 is 0 Å². The lowest BCUT2D eigenvalue weighted by Crippen LogP contribution is -2.14. The fraction of sp³-hybridized carbons (Fsp3) is 0.0909. The van der Waals surface area contributed by atoms with Gasteiger partial charge < -0.3 is 11.1 Å². The number of nitrogens with one attached hydrogen (secondary N) is 2. The van der Waals surface area contributed by atoms with Crippen LogP contribution in [0, 0.1) is 24.4 Å². The van der Waals surface area contributed by atoms with Gasteiger partial charge in [0.15, 0.2) is 23.3 Å². The molecule has 8 heteroatoms. The minimum Gasteiger partial charge on any atom is -0.394 e. The third-order valence-electron chi connectivity index (χ3n) is 2.47. The molecule has 0 radical (unpaired) electrons. The number of benzene rings is 1. The van der Waals surface area contributed by atoms with Crippen molar-refractivity contribution in [1.29, 1.82) is 0 Å². The van der Waals surface area contributed by atoms with Crippen LogP contribution in [0.3, 0.4) is 0 Å². The zero-order chi connectivity index (χ0) is 14.2. The van der Waals surface area contributed by atoms with E-state index in [1.807, 2.05) is 0 Å². The Morgan fingerprint density at radius 1 is 1.32 bits per heavy atom. The molecule has 0 fully saturated rings. The molecule has 0 aliphatic heterocycles. The molecular formula is C11H9F3N4O. The number of nitrogens with two attached hydrogens (primary N) is 1. The van der Waals surface area contributed by atoms with E-state index in [2.05, 4.69) is 15.5 Å². The van der Waals surface area contributed by atoms with Crippen LogP contribution in [0.1, 0.15) is 16.1 Å². The van der Waals surface area contributed by atoms with Gasteiger partial charge in [0.1, 0.15) is 0 Å². The van der Waals surface area contributed by atoms with Crippen LogP contribution in [0.5, 0.6) is 0 Å². The second-order valence-corrected chi connectivity index (χ2v) is 3.82. The average Bonchev–Trinajstić information content (AvgIpc) is 2.67. The van der Waals surface area contributed by atoms with Crippen LogP contribution in [0.15, 0.2) is 12.1 Å². The van der Waals surface area contributed by atoms with Crippen molar-refractivity contribution in [3.63, 3.8) is 0 Å². The third-order valence-corrected chi connectivity index (χ3v) is 2.47. The highest BCUT2D eigenvalue weighted by Crippen LogP contribution is 2.20. The molecule has 0 saturated heterocycles. The first-order valence-electron chi connectivity index (χ1n) is 5.16. The Kier molecular flexibility index (Phi) is 3.16. The van der Waals surface area contributed by atoms with E-state index in [4.69, 9.17) is 5.73 Å². The van der Waals surface area contributed by atoms with Crippen molar-refractivity contribution in [2.75, 3.05) is 11.1 Å². The number of amides is 1. The monoisotopic (exact) mass is 270 g/mol. The Balaban J connectivity index is 2.28. The topological polar surface area (TPSA) is 83.8 Å². The van der Waals surface area contributed by atoms with E-state index in [0.717, 1.165) is 0 Å². The number of hydrogen-bond donors (Lipinski definition) is 3. The molecule has 0 atom stereocenters. The van der Waals surface area contributed by atoms with Crippen LogP contribution >= 0.6 is 0 Å². The molecule has 2 aromatic rings. The number of aromatic nitrogens is 2. The largest absolute Gasteiger partial charge is 0.394 e. The molecule has 1 heterocycles. The molecule has 2 rings (SSSR count). The number of aryl methyl sites for hydroxylation is 1. The molecular weight excluding hydrogens is 261 g/mol. The molecule has 0 spiro atoms. The maximum absolute atomic E-state index is 13.0. The number of carbonyl (C=O) groups excluding carboxylic acids is 1. The molecule has 19 heavy (non-hydrogen) atoms. The summed E-state index contributed by atoms with van der Waals surface area (Å²) in [5.41, 5.74) is 5.96. The minimum absolute atomic E-state index is 0.0349. The first-order chi connectivity index (χ1) is 8.90. The summed E-state index contributed by atoms with van der Waals surface area (Å²) in [4.78, 5) is 11.7. The summed E-state index contributed by atoms with van der Waals surface area (Å²) in [6, 6.07) is 1.17. The molecule has 0 aliphatic rings. The lowest BCUT2D eigenvalue weighted by Gasteiger charge is -2.04. The second kappa shape index (κ2) is 4.63. The van der Waals surface area contributed by atoms with E-state index in [-0.39, 0.29) is 17.1 Å². The first kappa shape index (κ1) is 12.9. The highest BCUT2D eigenvalue weighted by atomic mass is 19.2. The Bertz CT molecular complexity index is 630. The molecule has 0 aliphatic carbocycles. The van der Waals surface area contributed by atoms with Gasteiger partial charge in [-0.3, -0.25) is 9.89 Å². The number of H-pyrrole nitrogens is 1. The van der Waals surface area contributed by atoms with Crippen molar-refractivity contribution < 1.29 is 18.0 Å². The van der Waals surface area contributed by atoms with E-state index in [1.165, 1.54) is 0 Å². The number of halogens is 3. The van der Waals surface area contributed by atoms with Crippen LogP contribution < -0.4 is 11.1 Å². The number of nitrogens with zero attached hydrogens (tertiary/aromatic N) is 1. The van der Waals surface area contributed by atoms with Gasteiger partial charge in [0.2, 0.25) is 0 Å². The molecule has 0 saturated carbocycles. The fourth-order valence-electron chi connectivity index (χ4n) is 1.40. The first-order valence-corrected chi connectivity index (χ1v) is 5.16. The summed E-state index contributed by atoms with van der Waals surface area (Å²) in [5.74, 6) is -5.34. The summed E-state index contributed by atoms with van der Waals surface area (Å²) in [6.07, 6.45) is 0. The van der Waals surface area contributed by atoms with Crippen molar-refractivity contribution in [2.45, 2.75) is 6.92 Å². The van der Waals surface area contributed by atoms with Gasteiger partial charge in [-0.25, -0.2) is 13.2 Å². The van der Waals surface area contributed by atoms with Gasteiger partial charge in [-0.05, 0) is 19.1 Å². The lowest BCUT2D eigenvalue weighted by molar-refractivity contribution is 0.102. The van der Waals surface area contributed by atoms with Crippen LogP contribution in [-0.4, -0.2) is 16.1 Å². The van der Waals surface area contributed by atoms with Crippen LogP contribution in [0.4, 0.5) is 24.7 Å². The number of rotatable bonds is 2. The Morgan fingerprint density at radius 2 is 1.89 bits per heavy atom. The summed E-state index contributed by atoms with van der Waals surface area (Å²) in [5, 5.41) is 8.49. The van der Waals surface area contributed by atoms with Gasteiger partial charge in [-0.2, -0.15) is 5.10 Å². The van der Waals surface area contributed by atoms with Crippen molar-refractivity contribution in [1.82, 2.24) is 10.2 Å². The number of anilines is 2. The molecule has 1 aromatic carbocycles. The maximum Gasteiger partial charge on any atom is 0.257 e. The van der Waals surface area contributed by atoms with Crippen molar-refractivity contribution in [2.24, 2.45) is 0 Å². The lowest BCUT2D eigenvalue weighted by atomic mass is 10.2. The molecule has 1 amide bonds. The summed E-state index contributed by atoms with van der Waals surface area (Å²) in [7, 11) is 0.